The van der Waals surface area contributed by atoms with Crippen molar-refractivity contribution in [3.05, 3.63) is 95.1 Å². The molecule has 0 aliphatic carbocycles. The van der Waals surface area contributed by atoms with Crippen LogP contribution in [0.5, 0.6) is 0 Å². The number of nitrogens with one attached hydrogen (secondary N) is 1. The molecule has 2 heteroatoms. The summed E-state index contributed by atoms with van der Waals surface area (Å²) in [6.07, 6.45) is 2.81. The highest BCUT2D eigenvalue weighted by atomic mass is 19.1. The molecule has 1 heterocycles. The van der Waals surface area contributed by atoms with Gasteiger partial charge in [-0.05, 0) is 11.1 Å². The third kappa shape index (κ3) is 2.80. The van der Waals surface area contributed by atoms with Crippen molar-refractivity contribution in [1.82, 2.24) is 4.98 Å². The summed E-state index contributed by atoms with van der Waals surface area (Å²) < 4.78 is 14.0. The third-order valence-corrected chi connectivity index (χ3v) is 3.47. The maximum Gasteiger partial charge on any atom is 0.144 e. The van der Waals surface area contributed by atoms with Gasteiger partial charge in [-0.3, -0.25) is 0 Å². The van der Waals surface area contributed by atoms with Crippen LogP contribution < -0.4 is 0 Å². The summed E-state index contributed by atoms with van der Waals surface area (Å²) in [5.41, 5.74) is 4.03. The van der Waals surface area contributed by atoms with Crippen LogP contribution in [0.3, 0.4) is 0 Å². The van der Waals surface area contributed by atoms with Gasteiger partial charge in [0.15, 0.2) is 0 Å². The molecule has 0 amide bonds. The molecule has 100 valence electrons. The van der Waals surface area contributed by atoms with E-state index in [1.54, 1.807) is 0 Å². The van der Waals surface area contributed by atoms with Gasteiger partial charge >= 0.3 is 0 Å². The molecule has 1 N–H and O–H groups in total. The maximum atomic E-state index is 14.0. The van der Waals surface area contributed by atoms with E-state index in [-0.39, 0.29) is 5.82 Å². The standard InChI is InChI=1S/C18H16FN/c19-17-13-20-18(12-15-9-5-2-6-10-15)16(17)11-14-7-3-1-4-8-14/h1-10,13,20H,11-12H2. The summed E-state index contributed by atoms with van der Waals surface area (Å²) in [4.78, 5) is 3.07. The van der Waals surface area contributed by atoms with Gasteiger partial charge in [0.25, 0.3) is 0 Å². The van der Waals surface area contributed by atoms with Gasteiger partial charge < -0.3 is 4.98 Å². The molecule has 0 radical (unpaired) electrons. The fourth-order valence-corrected chi connectivity index (χ4v) is 2.42. The molecule has 0 atom stereocenters. The summed E-state index contributed by atoms with van der Waals surface area (Å²) in [6.45, 7) is 0. The lowest BCUT2D eigenvalue weighted by Gasteiger charge is -2.05. The second-order valence-corrected chi connectivity index (χ2v) is 4.92. The lowest BCUT2D eigenvalue weighted by atomic mass is 10.0. The topological polar surface area (TPSA) is 15.8 Å². The molecular formula is C18H16FN. The van der Waals surface area contributed by atoms with Crippen molar-refractivity contribution < 1.29 is 4.39 Å². The summed E-state index contributed by atoms with van der Waals surface area (Å²) in [5.74, 6) is -0.153. The lowest BCUT2D eigenvalue weighted by Crippen LogP contribution is -1.97. The van der Waals surface area contributed by atoms with Crippen LogP contribution in [0.1, 0.15) is 22.4 Å². The summed E-state index contributed by atoms with van der Waals surface area (Å²) in [7, 11) is 0. The second kappa shape index (κ2) is 5.74. The minimum atomic E-state index is -0.153. The number of benzene rings is 2. The maximum absolute atomic E-state index is 14.0. The first-order valence-electron chi connectivity index (χ1n) is 6.75. The van der Waals surface area contributed by atoms with Crippen molar-refractivity contribution >= 4 is 0 Å². The van der Waals surface area contributed by atoms with E-state index in [1.807, 2.05) is 48.5 Å². The van der Waals surface area contributed by atoms with E-state index in [2.05, 4.69) is 17.1 Å². The van der Waals surface area contributed by atoms with E-state index in [4.69, 9.17) is 0 Å². The number of aromatic amines is 1. The predicted octanol–water partition coefficient (Wildman–Crippen LogP) is 4.34. The van der Waals surface area contributed by atoms with E-state index >= 15 is 0 Å². The zero-order valence-corrected chi connectivity index (χ0v) is 11.1. The van der Waals surface area contributed by atoms with E-state index in [0.717, 1.165) is 23.2 Å². The molecule has 1 nitrogen and oxygen atoms in total. The Labute approximate surface area is 118 Å². The molecular weight excluding hydrogens is 249 g/mol. The monoisotopic (exact) mass is 265 g/mol. The molecule has 0 aliphatic heterocycles. The Bertz CT molecular complexity index is 671. The molecule has 2 aromatic carbocycles. The Morgan fingerprint density at radius 3 is 1.90 bits per heavy atom. The molecule has 0 bridgehead atoms. The van der Waals surface area contributed by atoms with Crippen LogP contribution >= 0.6 is 0 Å². The van der Waals surface area contributed by atoms with Crippen LogP contribution in [0, 0.1) is 5.82 Å². The van der Waals surface area contributed by atoms with Crippen molar-refractivity contribution in [2.24, 2.45) is 0 Å². The van der Waals surface area contributed by atoms with Crippen LogP contribution in [-0.2, 0) is 12.8 Å². The minimum Gasteiger partial charge on any atom is -0.362 e. The number of H-pyrrole nitrogens is 1. The van der Waals surface area contributed by atoms with Crippen molar-refractivity contribution in [3.63, 3.8) is 0 Å². The van der Waals surface area contributed by atoms with Gasteiger partial charge in [0.1, 0.15) is 5.82 Å². The van der Waals surface area contributed by atoms with E-state index < -0.39 is 0 Å². The normalized spacial score (nSPS) is 10.7. The van der Waals surface area contributed by atoms with E-state index in [1.165, 1.54) is 11.8 Å². The molecule has 1 aromatic heterocycles. The highest BCUT2D eigenvalue weighted by Gasteiger charge is 2.12. The van der Waals surface area contributed by atoms with Crippen LogP contribution in [0.2, 0.25) is 0 Å². The largest absolute Gasteiger partial charge is 0.362 e. The quantitative estimate of drug-likeness (QED) is 0.722. The van der Waals surface area contributed by atoms with Crippen LogP contribution in [0.4, 0.5) is 4.39 Å². The van der Waals surface area contributed by atoms with Crippen molar-refractivity contribution in [1.29, 1.82) is 0 Å². The van der Waals surface area contributed by atoms with Crippen molar-refractivity contribution in [2.45, 2.75) is 12.8 Å². The lowest BCUT2D eigenvalue weighted by molar-refractivity contribution is 0.617. The molecule has 0 spiro atoms. The zero-order chi connectivity index (χ0) is 13.8. The SMILES string of the molecule is Fc1c[nH]c(Cc2ccccc2)c1Cc1ccccc1. The molecule has 0 saturated heterocycles. The van der Waals surface area contributed by atoms with Gasteiger partial charge in [-0.15, -0.1) is 0 Å². The summed E-state index contributed by atoms with van der Waals surface area (Å²) in [6, 6.07) is 20.1. The Morgan fingerprint density at radius 1 is 0.750 bits per heavy atom. The van der Waals surface area contributed by atoms with Gasteiger partial charge in [0.05, 0.1) is 0 Å². The Hall–Kier alpha value is -2.35. The van der Waals surface area contributed by atoms with Gasteiger partial charge in [-0.1, -0.05) is 60.7 Å². The molecule has 3 aromatic rings. The molecule has 20 heavy (non-hydrogen) atoms. The highest BCUT2D eigenvalue weighted by molar-refractivity contribution is 5.33. The number of rotatable bonds is 4. The van der Waals surface area contributed by atoms with E-state index in [0.29, 0.717) is 6.42 Å². The summed E-state index contributed by atoms with van der Waals surface area (Å²) in [5, 5.41) is 0. The van der Waals surface area contributed by atoms with Crippen LogP contribution in [-0.4, -0.2) is 4.98 Å². The number of hydrogen-bond acceptors (Lipinski definition) is 0. The van der Waals surface area contributed by atoms with Crippen LogP contribution in [0.15, 0.2) is 66.9 Å². The van der Waals surface area contributed by atoms with Gasteiger partial charge in [-0.2, -0.15) is 0 Å². The van der Waals surface area contributed by atoms with Gasteiger partial charge in [-0.25, -0.2) is 4.39 Å². The first-order chi connectivity index (χ1) is 9.83. The third-order valence-electron chi connectivity index (χ3n) is 3.47. The molecule has 0 unspecified atom stereocenters. The highest BCUT2D eigenvalue weighted by Crippen LogP contribution is 2.20. The summed E-state index contributed by atoms with van der Waals surface area (Å²) >= 11 is 0. The zero-order valence-electron chi connectivity index (χ0n) is 11.1. The smallest absolute Gasteiger partial charge is 0.144 e. The minimum absolute atomic E-state index is 0.153. The average molecular weight is 265 g/mol. The fraction of sp³-hybridized carbons (Fsp3) is 0.111. The fourth-order valence-electron chi connectivity index (χ4n) is 2.42. The van der Waals surface area contributed by atoms with E-state index in [9.17, 15) is 4.39 Å². The number of halogens is 1. The molecule has 0 fully saturated rings. The number of aromatic nitrogens is 1. The second-order valence-electron chi connectivity index (χ2n) is 4.92. The Morgan fingerprint density at radius 2 is 1.30 bits per heavy atom. The Kier molecular flexibility index (Phi) is 3.64. The van der Waals surface area contributed by atoms with Gasteiger partial charge in [0.2, 0.25) is 0 Å². The molecule has 3 rings (SSSR count). The Balaban J connectivity index is 1.86. The first kappa shape index (κ1) is 12.7. The molecule has 0 saturated carbocycles. The van der Waals surface area contributed by atoms with Crippen LogP contribution in [0.25, 0.3) is 0 Å². The van der Waals surface area contributed by atoms with Crippen molar-refractivity contribution in [3.8, 4) is 0 Å². The van der Waals surface area contributed by atoms with Crippen molar-refractivity contribution in [2.75, 3.05) is 0 Å². The first-order valence-corrected chi connectivity index (χ1v) is 6.75. The predicted molar refractivity (Wildman–Crippen MR) is 79.2 cm³/mol. The average Bonchev–Trinajstić information content (AvgIpc) is 2.83. The number of hydrogen-bond donors (Lipinski definition) is 1. The van der Waals surface area contributed by atoms with Gasteiger partial charge in [0, 0.05) is 30.3 Å². The molecule has 0 aliphatic rings.